The van der Waals surface area contributed by atoms with E-state index < -0.39 is 5.91 Å². The molecule has 1 heterocycles. The fourth-order valence-electron chi connectivity index (χ4n) is 1.34. The molecule has 0 aliphatic heterocycles. The Morgan fingerprint density at radius 3 is 3.07 bits per heavy atom. The topological polar surface area (TPSA) is 69.1 Å². The van der Waals surface area contributed by atoms with Crippen molar-refractivity contribution in [2.24, 2.45) is 5.73 Å². The van der Waals surface area contributed by atoms with Crippen molar-refractivity contribution in [2.45, 2.75) is 6.92 Å². The third-order valence-electron chi connectivity index (χ3n) is 1.96. The van der Waals surface area contributed by atoms with Gasteiger partial charge in [0, 0.05) is 13.0 Å². The van der Waals surface area contributed by atoms with E-state index >= 15 is 0 Å². The molecule has 0 spiro atoms. The number of rotatable bonds is 2. The molecule has 0 fully saturated rings. The molecule has 15 heavy (non-hydrogen) atoms. The van der Waals surface area contributed by atoms with Gasteiger partial charge >= 0.3 is 0 Å². The lowest BCUT2D eigenvalue weighted by Crippen LogP contribution is -2.04. The molecule has 0 bridgehead atoms. The number of carbonyl (C=O) groups excluding carboxylic acids is 1. The summed E-state index contributed by atoms with van der Waals surface area (Å²) in [7, 11) is 0. The van der Waals surface area contributed by atoms with Crippen LogP contribution in [-0.2, 0) is 4.79 Å². The van der Waals surface area contributed by atoms with Gasteiger partial charge in [-0.15, -0.1) is 0 Å². The molecule has 1 aromatic heterocycles. The molecule has 0 saturated heterocycles. The van der Waals surface area contributed by atoms with Crippen molar-refractivity contribution in [2.75, 3.05) is 0 Å². The van der Waals surface area contributed by atoms with E-state index in [2.05, 4.69) is 4.98 Å². The van der Waals surface area contributed by atoms with Crippen LogP contribution in [0.1, 0.15) is 11.5 Å². The molecule has 0 aliphatic carbocycles. The first-order chi connectivity index (χ1) is 7.15. The summed E-state index contributed by atoms with van der Waals surface area (Å²) in [5.74, 6) is 0.157. The quantitative estimate of drug-likeness (QED) is 0.752. The second-order valence-corrected chi connectivity index (χ2v) is 3.20. The summed E-state index contributed by atoms with van der Waals surface area (Å²) in [5.41, 5.74) is 7.37. The molecule has 0 aliphatic rings. The number of oxazole rings is 1. The van der Waals surface area contributed by atoms with Gasteiger partial charge in [-0.25, -0.2) is 4.98 Å². The molecule has 1 aromatic carbocycles. The Balaban J connectivity index is 2.42. The zero-order valence-electron chi connectivity index (χ0n) is 8.23. The SMILES string of the molecule is Cc1nc2ccc(C=CC(N)=O)cc2o1. The monoisotopic (exact) mass is 202 g/mol. The van der Waals surface area contributed by atoms with Gasteiger partial charge in [-0.1, -0.05) is 6.07 Å². The second-order valence-electron chi connectivity index (χ2n) is 3.20. The van der Waals surface area contributed by atoms with Gasteiger partial charge in [-0.3, -0.25) is 4.79 Å². The lowest BCUT2D eigenvalue weighted by atomic mass is 10.2. The first kappa shape index (κ1) is 9.45. The van der Waals surface area contributed by atoms with Gasteiger partial charge in [0.15, 0.2) is 11.5 Å². The van der Waals surface area contributed by atoms with E-state index in [1.165, 1.54) is 6.08 Å². The number of fused-ring (bicyclic) bond motifs is 1. The van der Waals surface area contributed by atoms with Crippen LogP contribution in [0.5, 0.6) is 0 Å². The normalized spacial score (nSPS) is 11.3. The predicted molar refractivity (Wildman–Crippen MR) is 57.0 cm³/mol. The predicted octanol–water partition coefficient (Wildman–Crippen LogP) is 1.63. The third kappa shape index (κ3) is 2.04. The van der Waals surface area contributed by atoms with Gasteiger partial charge in [0.2, 0.25) is 5.91 Å². The fourth-order valence-corrected chi connectivity index (χ4v) is 1.34. The Kier molecular flexibility index (Phi) is 2.25. The fraction of sp³-hybridized carbons (Fsp3) is 0.0909. The van der Waals surface area contributed by atoms with Gasteiger partial charge in [0.05, 0.1) is 0 Å². The average Bonchev–Trinajstić information content (AvgIpc) is 2.53. The zero-order chi connectivity index (χ0) is 10.8. The van der Waals surface area contributed by atoms with Crippen LogP contribution in [0.15, 0.2) is 28.7 Å². The second kappa shape index (κ2) is 3.57. The number of nitrogens with two attached hydrogens (primary N) is 1. The van der Waals surface area contributed by atoms with Gasteiger partial charge in [-0.05, 0) is 23.8 Å². The molecule has 4 heteroatoms. The Bertz CT molecular complexity index is 541. The average molecular weight is 202 g/mol. The minimum atomic E-state index is -0.469. The maximum atomic E-state index is 10.5. The van der Waals surface area contributed by atoms with Crippen molar-refractivity contribution in [3.05, 3.63) is 35.7 Å². The molecule has 76 valence electrons. The smallest absolute Gasteiger partial charge is 0.241 e. The number of aryl methyl sites for hydroxylation is 1. The van der Waals surface area contributed by atoms with Crippen molar-refractivity contribution >= 4 is 23.1 Å². The highest BCUT2D eigenvalue weighted by molar-refractivity contribution is 5.90. The van der Waals surface area contributed by atoms with Crippen LogP contribution in [0.25, 0.3) is 17.2 Å². The summed E-state index contributed by atoms with van der Waals surface area (Å²) in [6.45, 7) is 1.79. The molecule has 4 nitrogen and oxygen atoms in total. The van der Waals surface area contributed by atoms with Crippen molar-refractivity contribution < 1.29 is 9.21 Å². The molecule has 2 rings (SSSR count). The van der Waals surface area contributed by atoms with Gasteiger partial charge in [-0.2, -0.15) is 0 Å². The van der Waals surface area contributed by atoms with Crippen LogP contribution in [0.3, 0.4) is 0 Å². The van der Waals surface area contributed by atoms with Gasteiger partial charge < -0.3 is 10.2 Å². The molecule has 2 aromatic rings. The highest BCUT2D eigenvalue weighted by Crippen LogP contribution is 2.17. The summed E-state index contributed by atoms with van der Waals surface area (Å²) >= 11 is 0. The number of primary amides is 1. The van der Waals surface area contributed by atoms with Crippen LogP contribution < -0.4 is 5.73 Å². The maximum absolute atomic E-state index is 10.5. The van der Waals surface area contributed by atoms with E-state index in [-0.39, 0.29) is 0 Å². The summed E-state index contributed by atoms with van der Waals surface area (Å²) in [6, 6.07) is 5.50. The lowest BCUT2D eigenvalue weighted by Gasteiger charge is -1.91. The van der Waals surface area contributed by atoms with Crippen LogP contribution in [-0.4, -0.2) is 10.9 Å². The van der Waals surface area contributed by atoms with Crippen LogP contribution in [0.4, 0.5) is 0 Å². The number of amides is 1. The van der Waals surface area contributed by atoms with Crippen molar-refractivity contribution in [3.63, 3.8) is 0 Å². The van der Waals surface area contributed by atoms with Crippen molar-refractivity contribution in [3.8, 4) is 0 Å². The van der Waals surface area contributed by atoms with E-state index in [0.29, 0.717) is 11.5 Å². The Morgan fingerprint density at radius 1 is 1.53 bits per heavy atom. The van der Waals surface area contributed by atoms with E-state index in [4.69, 9.17) is 10.2 Å². The molecular formula is C11H10N2O2. The summed E-state index contributed by atoms with van der Waals surface area (Å²) in [6.07, 6.45) is 2.95. The van der Waals surface area contributed by atoms with E-state index in [1.54, 1.807) is 13.0 Å². The summed E-state index contributed by atoms with van der Waals surface area (Å²) < 4.78 is 5.35. The first-order valence-corrected chi connectivity index (χ1v) is 4.50. The van der Waals surface area contributed by atoms with Crippen LogP contribution in [0, 0.1) is 6.92 Å². The third-order valence-corrected chi connectivity index (χ3v) is 1.96. The molecular weight excluding hydrogens is 192 g/mol. The molecule has 1 amide bonds. The summed E-state index contributed by atoms with van der Waals surface area (Å²) in [4.78, 5) is 14.7. The Labute approximate surface area is 86.4 Å². The molecule has 0 saturated carbocycles. The molecule has 0 radical (unpaired) electrons. The van der Waals surface area contributed by atoms with Crippen LogP contribution >= 0.6 is 0 Å². The first-order valence-electron chi connectivity index (χ1n) is 4.50. The highest BCUT2D eigenvalue weighted by Gasteiger charge is 2.01. The molecule has 0 unspecified atom stereocenters. The lowest BCUT2D eigenvalue weighted by molar-refractivity contribution is -0.113. The van der Waals surface area contributed by atoms with E-state index in [1.807, 2.05) is 18.2 Å². The van der Waals surface area contributed by atoms with Crippen molar-refractivity contribution in [1.82, 2.24) is 4.98 Å². The number of aromatic nitrogens is 1. The number of hydrogen-bond acceptors (Lipinski definition) is 3. The van der Waals surface area contributed by atoms with Crippen LogP contribution in [0.2, 0.25) is 0 Å². The Morgan fingerprint density at radius 2 is 2.33 bits per heavy atom. The van der Waals surface area contributed by atoms with Gasteiger partial charge in [0.25, 0.3) is 0 Å². The summed E-state index contributed by atoms with van der Waals surface area (Å²) in [5, 5.41) is 0. The number of hydrogen-bond donors (Lipinski definition) is 1. The Hall–Kier alpha value is -2.10. The standard InChI is InChI=1S/C11H10N2O2/c1-7-13-9-4-2-8(3-5-11(12)14)6-10(9)15-7/h2-6H,1H3,(H2,12,14). The molecule has 0 atom stereocenters. The molecule has 2 N–H and O–H groups in total. The highest BCUT2D eigenvalue weighted by atomic mass is 16.3. The number of carbonyl (C=O) groups is 1. The minimum Gasteiger partial charge on any atom is -0.441 e. The maximum Gasteiger partial charge on any atom is 0.241 e. The number of benzene rings is 1. The number of nitrogens with zero attached hydrogens (tertiary/aromatic N) is 1. The van der Waals surface area contributed by atoms with E-state index in [9.17, 15) is 4.79 Å². The van der Waals surface area contributed by atoms with E-state index in [0.717, 1.165) is 11.1 Å². The van der Waals surface area contributed by atoms with Crippen molar-refractivity contribution in [1.29, 1.82) is 0 Å². The largest absolute Gasteiger partial charge is 0.441 e. The van der Waals surface area contributed by atoms with Gasteiger partial charge in [0.1, 0.15) is 5.52 Å². The zero-order valence-corrected chi connectivity index (χ0v) is 8.23. The minimum absolute atomic E-state index is 0.469.